The van der Waals surface area contributed by atoms with Crippen LogP contribution in [0, 0.1) is 0 Å². The number of benzene rings is 3. The van der Waals surface area contributed by atoms with Crippen LogP contribution in [-0.2, 0) is 17.8 Å². The van der Waals surface area contributed by atoms with Crippen molar-refractivity contribution in [2.75, 3.05) is 26.2 Å². The van der Waals surface area contributed by atoms with Gasteiger partial charge in [-0.1, -0.05) is 78.9 Å². The Labute approximate surface area is 189 Å². The largest absolute Gasteiger partial charge is 0.340 e. The Morgan fingerprint density at radius 1 is 0.719 bits per heavy atom. The van der Waals surface area contributed by atoms with E-state index in [2.05, 4.69) is 34.5 Å². The monoisotopic (exact) mass is 427 g/mol. The number of carbonyl (C=O) groups excluding carboxylic acids is 2. The summed E-state index contributed by atoms with van der Waals surface area (Å²) in [5.74, 6) is -0.236. The van der Waals surface area contributed by atoms with Crippen molar-refractivity contribution in [3.8, 4) is 0 Å². The molecule has 1 N–H and O–H groups in total. The number of nitrogens with one attached hydrogen (secondary N) is 1. The molecule has 1 fully saturated rings. The predicted octanol–water partition coefficient (Wildman–Crippen LogP) is 3.37. The van der Waals surface area contributed by atoms with Gasteiger partial charge in [-0.25, -0.2) is 0 Å². The molecular weight excluding hydrogens is 398 g/mol. The van der Waals surface area contributed by atoms with E-state index in [1.54, 1.807) is 12.1 Å². The summed E-state index contributed by atoms with van der Waals surface area (Å²) in [6.45, 7) is 3.87. The van der Waals surface area contributed by atoms with Crippen LogP contribution >= 0.6 is 0 Å². The van der Waals surface area contributed by atoms with E-state index in [9.17, 15) is 9.59 Å². The first-order valence-electron chi connectivity index (χ1n) is 11.1. The average Bonchev–Trinajstić information content (AvgIpc) is 2.85. The van der Waals surface area contributed by atoms with Gasteiger partial charge in [-0.3, -0.25) is 14.5 Å². The molecule has 2 amide bonds. The number of hydrogen-bond acceptors (Lipinski definition) is 3. The Morgan fingerprint density at radius 3 is 1.84 bits per heavy atom. The van der Waals surface area contributed by atoms with Gasteiger partial charge in [-0.2, -0.15) is 0 Å². The summed E-state index contributed by atoms with van der Waals surface area (Å²) in [5, 5.41) is 2.99. The second-order valence-corrected chi connectivity index (χ2v) is 8.17. The summed E-state index contributed by atoms with van der Waals surface area (Å²) in [7, 11) is 0. The first-order valence-corrected chi connectivity index (χ1v) is 11.1. The van der Waals surface area contributed by atoms with Crippen LogP contribution in [0.15, 0.2) is 91.0 Å². The number of carbonyl (C=O) groups is 2. The minimum Gasteiger partial charge on any atom is -0.340 e. The Morgan fingerprint density at radius 2 is 1.25 bits per heavy atom. The average molecular weight is 428 g/mol. The molecule has 0 aliphatic carbocycles. The fourth-order valence-corrected chi connectivity index (χ4v) is 4.07. The molecule has 0 aromatic heterocycles. The van der Waals surface area contributed by atoms with E-state index in [1.165, 1.54) is 5.56 Å². The third-order valence-electron chi connectivity index (χ3n) is 5.86. The van der Waals surface area contributed by atoms with Gasteiger partial charge in [0.1, 0.15) is 6.04 Å². The van der Waals surface area contributed by atoms with Crippen molar-refractivity contribution in [1.82, 2.24) is 15.1 Å². The molecular formula is C27H29N3O2. The number of hydrogen-bond donors (Lipinski definition) is 1. The summed E-state index contributed by atoms with van der Waals surface area (Å²) < 4.78 is 0. The molecule has 0 saturated carbocycles. The molecule has 1 heterocycles. The van der Waals surface area contributed by atoms with Crippen LogP contribution in [0.25, 0.3) is 0 Å². The first-order chi connectivity index (χ1) is 15.7. The van der Waals surface area contributed by atoms with E-state index in [4.69, 9.17) is 0 Å². The molecule has 5 nitrogen and oxygen atoms in total. The molecule has 0 radical (unpaired) electrons. The maximum Gasteiger partial charge on any atom is 0.251 e. The lowest BCUT2D eigenvalue weighted by Crippen LogP contribution is -2.55. The van der Waals surface area contributed by atoms with Crippen LogP contribution in [-0.4, -0.2) is 53.8 Å². The van der Waals surface area contributed by atoms with Gasteiger partial charge in [0.25, 0.3) is 5.91 Å². The highest BCUT2D eigenvalue weighted by molar-refractivity contribution is 5.97. The smallest absolute Gasteiger partial charge is 0.251 e. The van der Waals surface area contributed by atoms with E-state index >= 15 is 0 Å². The molecule has 1 saturated heterocycles. The zero-order valence-electron chi connectivity index (χ0n) is 18.2. The van der Waals surface area contributed by atoms with Crippen molar-refractivity contribution in [3.63, 3.8) is 0 Å². The molecule has 1 aliphatic heterocycles. The van der Waals surface area contributed by atoms with Crippen molar-refractivity contribution >= 4 is 11.8 Å². The maximum absolute atomic E-state index is 13.4. The van der Waals surface area contributed by atoms with Gasteiger partial charge >= 0.3 is 0 Å². The van der Waals surface area contributed by atoms with Crippen LogP contribution in [0.5, 0.6) is 0 Å². The Bertz CT molecular complexity index is 1000. The van der Waals surface area contributed by atoms with Gasteiger partial charge in [-0.05, 0) is 23.3 Å². The molecule has 4 rings (SSSR count). The second-order valence-electron chi connectivity index (χ2n) is 8.17. The van der Waals surface area contributed by atoms with Crippen molar-refractivity contribution < 1.29 is 9.59 Å². The third-order valence-corrected chi connectivity index (χ3v) is 5.86. The summed E-state index contributed by atoms with van der Waals surface area (Å²) in [4.78, 5) is 30.5. The SMILES string of the molecule is O=C(N[C@H](Cc1ccccc1)C(=O)N1CCN(Cc2ccccc2)CC1)c1ccccc1. The molecule has 3 aromatic rings. The molecule has 0 bridgehead atoms. The minimum atomic E-state index is -0.592. The van der Waals surface area contributed by atoms with Crippen LogP contribution in [0.3, 0.4) is 0 Å². The Kier molecular flexibility index (Phi) is 7.31. The van der Waals surface area contributed by atoms with Crippen molar-refractivity contribution in [3.05, 3.63) is 108 Å². The molecule has 164 valence electrons. The lowest BCUT2D eigenvalue weighted by atomic mass is 10.0. The van der Waals surface area contributed by atoms with Crippen molar-refractivity contribution in [2.24, 2.45) is 0 Å². The zero-order valence-corrected chi connectivity index (χ0v) is 18.2. The molecule has 3 aromatic carbocycles. The summed E-state index contributed by atoms with van der Waals surface area (Å²) in [6, 6.07) is 28.7. The fourth-order valence-electron chi connectivity index (χ4n) is 4.07. The number of amides is 2. The first kappa shape index (κ1) is 21.8. The van der Waals surface area contributed by atoms with Gasteiger partial charge in [0.15, 0.2) is 0 Å². The topological polar surface area (TPSA) is 52.7 Å². The summed E-state index contributed by atoms with van der Waals surface area (Å²) in [5.41, 5.74) is 2.87. The number of rotatable bonds is 7. The molecule has 0 unspecified atom stereocenters. The number of nitrogens with zero attached hydrogens (tertiary/aromatic N) is 2. The van der Waals surface area contributed by atoms with Gasteiger partial charge in [-0.15, -0.1) is 0 Å². The highest BCUT2D eigenvalue weighted by Gasteiger charge is 2.29. The Balaban J connectivity index is 1.41. The highest BCUT2D eigenvalue weighted by atomic mass is 16.2. The number of piperazine rings is 1. The van der Waals surface area contributed by atoms with Gasteiger partial charge in [0.2, 0.25) is 5.91 Å². The second kappa shape index (κ2) is 10.7. The molecule has 5 heteroatoms. The van der Waals surface area contributed by atoms with Crippen LogP contribution < -0.4 is 5.32 Å². The van der Waals surface area contributed by atoms with E-state index < -0.39 is 6.04 Å². The summed E-state index contributed by atoms with van der Waals surface area (Å²) >= 11 is 0. The fraction of sp³-hybridized carbons (Fsp3) is 0.259. The standard InChI is InChI=1S/C27H29N3O2/c31-26(24-14-8-3-9-15-24)28-25(20-22-10-4-1-5-11-22)27(32)30-18-16-29(17-19-30)21-23-12-6-2-7-13-23/h1-15,25H,16-21H2,(H,28,31)/t25-/m1/s1. The Hall–Kier alpha value is -3.44. The third kappa shape index (κ3) is 5.83. The van der Waals surface area contributed by atoms with Crippen molar-refractivity contribution in [2.45, 2.75) is 19.0 Å². The van der Waals surface area contributed by atoms with E-state index in [-0.39, 0.29) is 11.8 Å². The predicted molar refractivity (Wildman–Crippen MR) is 126 cm³/mol. The molecule has 1 atom stereocenters. The van der Waals surface area contributed by atoms with E-state index in [1.807, 2.05) is 59.5 Å². The van der Waals surface area contributed by atoms with Gasteiger partial charge in [0.05, 0.1) is 0 Å². The highest BCUT2D eigenvalue weighted by Crippen LogP contribution is 2.12. The zero-order chi connectivity index (χ0) is 22.2. The summed E-state index contributed by atoms with van der Waals surface area (Å²) in [6.07, 6.45) is 0.475. The van der Waals surface area contributed by atoms with E-state index in [0.29, 0.717) is 25.1 Å². The van der Waals surface area contributed by atoms with Crippen molar-refractivity contribution in [1.29, 1.82) is 0 Å². The van der Waals surface area contributed by atoms with Gasteiger partial charge in [0, 0.05) is 44.7 Å². The molecule has 32 heavy (non-hydrogen) atoms. The molecule has 1 aliphatic rings. The van der Waals surface area contributed by atoms with Gasteiger partial charge < -0.3 is 10.2 Å². The molecule has 0 spiro atoms. The van der Waals surface area contributed by atoms with E-state index in [0.717, 1.165) is 25.2 Å². The lowest BCUT2D eigenvalue weighted by Gasteiger charge is -2.36. The minimum absolute atomic E-state index is 0.0162. The van der Waals surface area contributed by atoms with Crippen LogP contribution in [0.4, 0.5) is 0 Å². The van der Waals surface area contributed by atoms with Crippen LogP contribution in [0.1, 0.15) is 21.5 Å². The quantitative estimate of drug-likeness (QED) is 0.629. The van der Waals surface area contributed by atoms with Crippen LogP contribution in [0.2, 0.25) is 0 Å². The maximum atomic E-state index is 13.4. The lowest BCUT2D eigenvalue weighted by molar-refractivity contribution is -0.135. The normalized spacial score (nSPS) is 15.2.